The minimum absolute atomic E-state index is 0.298. The molecule has 0 saturated carbocycles. The van der Waals surface area contributed by atoms with Crippen LogP contribution in [0.3, 0.4) is 0 Å². The third kappa shape index (κ3) is 3.22. The molecule has 1 unspecified atom stereocenters. The van der Waals surface area contributed by atoms with Gasteiger partial charge in [-0.15, -0.1) is 0 Å². The number of nitrogens with zero attached hydrogens (tertiary/aromatic N) is 3. The maximum Gasteiger partial charge on any atom is 0.240 e. The molecule has 1 aliphatic heterocycles. The summed E-state index contributed by atoms with van der Waals surface area (Å²) in [4.78, 5) is 10.3. The predicted molar refractivity (Wildman–Crippen MR) is 70.6 cm³/mol. The van der Waals surface area contributed by atoms with Crippen LogP contribution >= 0.6 is 11.6 Å². The maximum atomic E-state index is 5.98. The zero-order valence-corrected chi connectivity index (χ0v) is 11.2. The molecule has 0 aromatic carbocycles. The molecule has 100 valence electrons. The van der Waals surface area contributed by atoms with E-state index in [1.165, 1.54) is 19.0 Å². The Morgan fingerprint density at radius 2 is 2.44 bits per heavy atom. The Bertz CT molecular complexity index is 403. The number of halogens is 1. The number of aromatic nitrogens is 2. The van der Waals surface area contributed by atoms with E-state index in [9.17, 15) is 0 Å². The molecule has 1 fully saturated rings. The average molecular weight is 272 g/mol. The van der Waals surface area contributed by atoms with Gasteiger partial charge in [-0.05, 0) is 26.4 Å². The highest BCUT2D eigenvalue weighted by molar-refractivity contribution is 6.31. The first-order chi connectivity index (χ1) is 8.70. The Morgan fingerprint density at radius 1 is 1.61 bits per heavy atom. The largest absolute Gasteiger partial charge is 0.475 e. The van der Waals surface area contributed by atoms with Crippen LogP contribution in [0.1, 0.15) is 19.3 Å². The summed E-state index contributed by atoms with van der Waals surface area (Å²) >= 11 is 5.98. The SMILES string of the molecule is CN1CCCCC1COc1nc(NN)ncc1Cl. The van der Waals surface area contributed by atoms with Crippen molar-refractivity contribution in [1.29, 1.82) is 0 Å². The van der Waals surface area contributed by atoms with Crippen molar-refractivity contribution in [3.63, 3.8) is 0 Å². The molecule has 2 rings (SSSR count). The van der Waals surface area contributed by atoms with Crippen molar-refractivity contribution in [2.24, 2.45) is 5.84 Å². The fourth-order valence-corrected chi connectivity index (χ4v) is 2.20. The molecule has 1 saturated heterocycles. The first kappa shape index (κ1) is 13.3. The number of hydrogen-bond acceptors (Lipinski definition) is 6. The zero-order chi connectivity index (χ0) is 13.0. The van der Waals surface area contributed by atoms with E-state index in [2.05, 4.69) is 27.3 Å². The van der Waals surface area contributed by atoms with E-state index < -0.39 is 0 Å². The highest BCUT2D eigenvalue weighted by Gasteiger charge is 2.20. The van der Waals surface area contributed by atoms with Gasteiger partial charge in [0.2, 0.25) is 11.8 Å². The van der Waals surface area contributed by atoms with Gasteiger partial charge in [0.15, 0.2) is 0 Å². The normalized spacial score (nSPS) is 20.7. The van der Waals surface area contributed by atoms with E-state index >= 15 is 0 Å². The number of piperidine rings is 1. The summed E-state index contributed by atoms with van der Waals surface area (Å²) in [7, 11) is 2.11. The van der Waals surface area contributed by atoms with Crippen LogP contribution in [0.25, 0.3) is 0 Å². The summed E-state index contributed by atoms with van der Waals surface area (Å²) < 4.78 is 5.67. The van der Waals surface area contributed by atoms with E-state index in [-0.39, 0.29) is 0 Å². The van der Waals surface area contributed by atoms with Gasteiger partial charge in [0.25, 0.3) is 0 Å². The topological polar surface area (TPSA) is 76.3 Å². The van der Waals surface area contributed by atoms with Gasteiger partial charge in [-0.2, -0.15) is 4.98 Å². The van der Waals surface area contributed by atoms with E-state index in [4.69, 9.17) is 22.2 Å². The molecule has 1 aliphatic rings. The highest BCUT2D eigenvalue weighted by atomic mass is 35.5. The lowest BCUT2D eigenvalue weighted by molar-refractivity contribution is 0.122. The molecule has 0 spiro atoms. The Balaban J connectivity index is 1.96. The van der Waals surface area contributed by atoms with E-state index in [1.807, 2.05) is 0 Å². The first-order valence-electron chi connectivity index (χ1n) is 6.03. The van der Waals surface area contributed by atoms with Gasteiger partial charge in [-0.3, -0.25) is 5.43 Å². The van der Waals surface area contributed by atoms with Crippen LogP contribution in [-0.4, -0.2) is 41.1 Å². The maximum absolute atomic E-state index is 5.98. The van der Waals surface area contributed by atoms with Crippen molar-refractivity contribution in [2.45, 2.75) is 25.3 Å². The van der Waals surface area contributed by atoms with Crippen molar-refractivity contribution in [3.8, 4) is 5.88 Å². The van der Waals surface area contributed by atoms with Crippen LogP contribution in [0.5, 0.6) is 5.88 Å². The third-order valence-electron chi connectivity index (χ3n) is 3.17. The lowest BCUT2D eigenvalue weighted by Crippen LogP contribution is -2.40. The van der Waals surface area contributed by atoms with Crippen LogP contribution in [0.2, 0.25) is 5.02 Å². The molecule has 18 heavy (non-hydrogen) atoms. The molecular weight excluding hydrogens is 254 g/mol. The summed E-state index contributed by atoms with van der Waals surface area (Å²) in [6.45, 7) is 1.69. The Hall–Kier alpha value is -1.11. The number of rotatable bonds is 4. The molecule has 2 heterocycles. The quantitative estimate of drug-likeness (QED) is 0.635. The van der Waals surface area contributed by atoms with Crippen LogP contribution in [0, 0.1) is 0 Å². The van der Waals surface area contributed by atoms with Gasteiger partial charge in [0.1, 0.15) is 11.6 Å². The van der Waals surface area contributed by atoms with Gasteiger partial charge in [-0.25, -0.2) is 10.8 Å². The highest BCUT2D eigenvalue weighted by Crippen LogP contribution is 2.23. The fourth-order valence-electron chi connectivity index (χ4n) is 2.05. The number of hydrogen-bond donors (Lipinski definition) is 2. The smallest absolute Gasteiger partial charge is 0.240 e. The average Bonchev–Trinajstić information content (AvgIpc) is 2.39. The molecule has 0 bridgehead atoms. The number of nitrogens with two attached hydrogens (primary N) is 1. The van der Waals surface area contributed by atoms with Crippen molar-refractivity contribution in [3.05, 3.63) is 11.2 Å². The number of anilines is 1. The molecule has 1 aromatic heterocycles. The Morgan fingerprint density at radius 3 is 3.17 bits per heavy atom. The zero-order valence-electron chi connectivity index (χ0n) is 10.4. The van der Waals surface area contributed by atoms with E-state index in [0.29, 0.717) is 29.5 Å². The van der Waals surface area contributed by atoms with Gasteiger partial charge >= 0.3 is 0 Å². The fraction of sp³-hybridized carbons (Fsp3) is 0.636. The van der Waals surface area contributed by atoms with Crippen molar-refractivity contribution >= 4 is 17.5 Å². The van der Waals surface area contributed by atoms with Crippen molar-refractivity contribution < 1.29 is 4.74 Å². The van der Waals surface area contributed by atoms with E-state index in [1.54, 1.807) is 0 Å². The van der Waals surface area contributed by atoms with Crippen LogP contribution in [0.15, 0.2) is 6.20 Å². The molecule has 0 radical (unpaired) electrons. The molecule has 3 N–H and O–H groups in total. The molecule has 1 atom stereocenters. The standard InChI is InChI=1S/C11H18ClN5O/c1-17-5-3-2-4-8(17)7-18-10-9(12)6-14-11(15-10)16-13/h6,8H,2-5,7,13H2,1H3,(H,14,15,16). The number of hydrazine groups is 1. The van der Waals surface area contributed by atoms with Gasteiger partial charge in [0.05, 0.1) is 6.20 Å². The van der Waals surface area contributed by atoms with E-state index in [0.717, 1.165) is 13.0 Å². The summed E-state index contributed by atoms with van der Waals surface area (Å²) in [5, 5.41) is 0.396. The summed E-state index contributed by atoms with van der Waals surface area (Å²) in [5.41, 5.74) is 2.37. The van der Waals surface area contributed by atoms with Gasteiger partial charge in [-0.1, -0.05) is 18.0 Å². The van der Waals surface area contributed by atoms with Crippen molar-refractivity contribution in [1.82, 2.24) is 14.9 Å². The van der Waals surface area contributed by atoms with Gasteiger partial charge < -0.3 is 9.64 Å². The molecule has 6 nitrogen and oxygen atoms in total. The van der Waals surface area contributed by atoms with Crippen LogP contribution in [0.4, 0.5) is 5.95 Å². The second-order valence-electron chi connectivity index (χ2n) is 4.43. The minimum atomic E-state index is 0.298. The van der Waals surface area contributed by atoms with Crippen molar-refractivity contribution in [2.75, 3.05) is 25.6 Å². The number of likely N-dealkylation sites (N-methyl/N-ethyl adjacent to an activating group) is 1. The van der Waals surface area contributed by atoms with Gasteiger partial charge in [0, 0.05) is 6.04 Å². The number of nitrogen functional groups attached to an aromatic ring is 1. The molecule has 7 heteroatoms. The number of likely N-dealkylation sites (tertiary alicyclic amines) is 1. The molecule has 0 amide bonds. The predicted octanol–water partition coefficient (Wildman–Crippen LogP) is 1.28. The molecular formula is C11H18ClN5O. The van der Waals surface area contributed by atoms with Crippen LogP contribution in [-0.2, 0) is 0 Å². The first-order valence-corrected chi connectivity index (χ1v) is 6.40. The monoisotopic (exact) mass is 271 g/mol. The Labute approximate surface area is 111 Å². The van der Waals surface area contributed by atoms with Crippen LogP contribution < -0.4 is 16.0 Å². The summed E-state index contributed by atoms with van der Waals surface area (Å²) in [6.07, 6.45) is 5.11. The lowest BCUT2D eigenvalue weighted by Gasteiger charge is -2.32. The number of nitrogens with one attached hydrogen (secondary N) is 1. The molecule has 0 aliphatic carbocycles. The summed E-state index contributed by atoms with van der Waals surface area (Å²) in [5.74, 6) is 5.92. The Kier molecular flexibility index (Phi) is 4.57. The number of ether oxygens (including phenoxy) is 1. The molecule has 1 aromatic rings. The summed E-state index contributed by atoms with van der Waals surface area (Å²) in [6, 6.07) is 0.416. The third-order valence-corrected chi connectivity index (χ3v) is 3.43. The minimum Gasteiger partial charge on any atom is -0.475 e. The second kappa shape index (κ2) is 6.17. The lowest BCUT2D eigenvalue weighted by atomic mass is 10.0. The second-order valence-corrected chi connectivity index (χ2v) is 4.84.